The molecule has 1 unspecified atom stereocenters. The van der Waals surface area contributed by atoms with E-state index in [1.807, 2.05) is 24.3 Å². The highest BCUT2D eigenvalue weighted by atomic mass is 32.2. The molecule has 1 N–H and O–H groups in total. The molecule has 100 valence electrons. The average molecular weight is 288 g/mol. The Hall–Kier alpha value is -0.850. The van der Waals surface area contributed by atoms with Crippen LogP contribution >= 0.6 is 12.0 Å². The third kappa shape index (κ3) is 5.66. The summed E-state index contributed by atoms with van der Waals surface area (Å²) in [6.07, 6.45) is 0.183. The van der Waals surface area contributed by atoms with E-state index in [0.717, 1.165) is 23.2 Å². The fourth-order valence-electron chi connectivity index (χ4n) is 1.36. The lowest BCUT2D eigenvalue weighted by Crippen LogP contribution is -2.08. The normalized spacial score (nSPS) is 12.1. The lowest BCUT2D eigenvalue weighted by Gasteiger charge is -2.03. The summed E-state index contributed by atoms with van der Waals surface area (Å²) in [5.41, 5.74) is 1.98. The van der Waals surface area contributed by atoms with E-state index in [1.165, 1.54) is 7.11 Å². The molecule has 0 aromatic heterocycles. The minimum Gasteiger partial charge on any atom is -0.469 e. The van der Waals surface area contributed by atoms with Crippen molar-refractivity contribution in [3.05, 3.63) is 35.4 Å². The Morgan fingerprint density at radius 2 is 1.94 bits per heavy atom. The average Bonchev–Trinajstić information content (AvgIpc) is 2.38. The second-order valence-electron chi connectivity index (χ2n) is 3.70. The minimum absolute atomic E-state index is 0.183. The first kappa shape index (κ1) is 15.2. The predicted molar refractivity (Wildman–Crippen MR) is 73.7 cm³/mol. The van der Waals surface area contributed by atoms with Crippen molar-refractivity contribution in [1.82, 2.24) is 0 Å². The van der Waals surface area contributed by atoms with E-state index in [9.17, 15) is 9.00 Å². The number of hydrogen-bond donors (Lipinski definition) is 1. The van der Waals surface area contributed by atoms with E-state index in [4.69, 9.17) is 4.55 Å². The lowest BCUT2D eigenvalue weighted by atomic mass is 10.2. The topological polar surface area (TPSA) is 63.6 Å². The number of hydrogen-bond acceptors (Lipinski definition) is 5. The van der Waals surface area contributed by atoms with E-state index in [0.29, 0.717) is 17.3 Å². The van der Waals surface area contributed by atoms with E-state index in [-0.39, 0.29) is 12.4 Å². The van der Waals surface area contributed by atoms with Crippen LogP contribution in [-0.4, -0.2) is 27.6 Å². The van der Waals surface area contributed by atoms with Gasteiger partial charge in [0.05, 0.1) is 13.5 Å². The molecule has 0 saturated carbocycles. The Morgan fingerprint density at radius 3 is 2.50 bits per heavy atom. The van der Waals surface area contributed by atoms with Crippen LogP contribution in [0, 0.1) is 0 Å². The Kier molecular flexibility index (Phi) is 7.00. The van der Waals surface area contributed by atoms with Crippen molar-refractivity contribution in [2.45, 2.75) is 17.9 Å². The quantitative estimate of drug-likeness (QED) is 0.615. The highest BCUT2D eigenvalue weighted by molar-refractivity contribution is 7.92. The third-order valence-electron chi connectivity index (χ3n) is 2.34. The molecule has 0 heterocycles. The standard InChI is InChI=1S/C12H16O4S2/c1-16-12(13)6-7-18(15)9-11-4-2-10(3-5-11)8-17-14/h2-5,14H,6-9H2,1H3. The first-order chi connectivity index (χ1) is 8.65. The molecule has 1 rings (SSSR count). The first-order valence-electron chi connectivity index (χ1n) is 5.41. The van der Waals surface area contributed by atoms with Crippen LogP contribution in [0.25, 0.3) is 0 Å². The lowest BCUT2D eigenvalue weighted by molar-refractivity contribution is -0.140. The van der Waals surface area contributed by atoms with Gasteiger partial charge in [-0.3, -0.25) is 9.00 Å². The van der Waals surface area contributed by atoms with Crippen molar-refractivity contribution in [2.24, 2.45) is 0 Å². The first-order valence-corrected chi connectivity index (χ1v) is 7.84. The van der Waals surface area contributed by atoms with E-state index in [2.05, 4.69) is 4.74 Å². The van der Waals surface area contributed by atoms with Gasteiger partial charge in [-0.2, -0.15) is 0 Å². The molecule has 0 aliphatic rings. The van der Waals surface area contributed by atoms with Crippen LogP contribution in [0.5, 0.6) is 0 Å². The number of benzene rings is 1. The number of ether oxygens (including phenoxy) is 1. The van der Waals surface area contributed by atoms with Gasteiger partial charge in [0.1, 0.15) is 0 Å². The summed E-state index contributed by atoms with van der Waals surface area (Å²) in [5.74, 6) is 0.967. The van der Waals surface area contributed by atoms with Crippen molar-refractivity contribution in [3.8, 4) is 0 Å². The summed E-state index contributed by atoms with van der Waals surface area (Å²) in [6, 6.07) is 7.58. The van der Waals surface area contributed by atoms with Gasteiger partial charge in [-0.25, -0.2) is 0 Å². The molecule has 4 nitrogen and oxygen atoms in total. The van der Waals surface area contributed by atoms with E-state index in [1.54, 1.807) is 0 Å². The Balaban J connectivity index is 2.42. The summed E-state index contributed by atoms with van der Waals surface area (Å²) in [4.78, 5) is 10.9. The molecule has 6 heteroatoms. The van der Waals surface area contributed by atoms with Crippen molar-refractivity contribution < 1.29 is 18.3 Å². The summed E-state index contributed by atoms with van der Waals surface area (Å²) in [7, 11) is 0.264. The molecule has 0 saturated heterocycles. The summed E-state index contributed by atoms with van der Waals surface area (Å²) in [5, 5.41) is 0. The summed E-state index contributed by atoms with van der Waals surface area (Å²) < 4.78 is 24.9. The molecule has 0 spiro atoms. The van der Waals surface area contributed by atoms with Gasteiger partial charge in [0, 0.05) is 28.1 Å². The van der Waals surface area contributed by atoms with Gasteiger partial charge < -0.3 is 9.29 Å². The van der Waals surface area contributed by atoms with Crippen LogP contribution in [0.2, 0.25) is 0 Å². The van der Waals surface area contributed by atoms with Gasteiger partial charge in [0.2, 0.25) is 0 Å². The molecular weight excluding hydrogens is 272 g/mol. The molecule has 0 bridgehead atoms. The third-order valence-corrected chi connectivity index (χ3v) is 4.12. The second kappa shape index (κ2) is 8.29. The van der Waals surface area contributed by atoms with Crippen LogP contribution in [0.15, 0.2) is 24.3 Å². The Bertz CT molecular complexity index is 403. The number of rotatable bonds is 7. The monoisotopic (exact) mass is 288 g/mol. The minimum atomic E-state index is -1.06. The van der Waals surface area contributed by atoms with Crippen LogP contribution in [-0.2, 0) is 31.8 Å². The molecule has 0 fully saturated rings. The fraction of sp³-hybridized carbons (Fsp3) is 0.417. The summed E-state index contributed by atoms with van der Waals surface area (Å²) in [6.45, 7) is 0. The number of methoxy groups -OCH3 is 1. The SMILES string of the molecule is COC(=O)CCS(=O)Cc1ccc(CSO)cc1. The molecule has 18 heavy (non-hydrogen) atoms. The predicted octanol–water partition coefficient (Wildman–Crippen LogP) is 2.20. The van der Waals surface area contributed by atoms with E-state index >= 15 is 0 Å². The van der Waals surface area contributed by atoms with Crippen molar-refractivity contribution >= 4 is 28.8 Å². The van der Waals surface area contributed by atoms with Crippen molar-refractivity contribution in [1.29, 1.82) is 0 Å². The molecule has 1 aromatic carbocycles. The maximum atomic E-state index is 11.7. The zero-order chi connectivity index (χ0) is 13.4. The van der Waals surface area contributed by atoms with Gasteiger partial charge in [-0.05, 0) is 23.2 Å². The van der Waals surface area contributed by atoms with Crippen LogP contribution in [0.3, 0.4) is 0 Å². The van der Waals surface area contributed by atoms with E-state index < -0.39 is 10.8 Å². The van der Waals surface area contributed by atoms with Gasteiger partial charge in [0.25, 0.3) is 0 Å². The van der Waals surface area contributed by atoms with Crippen LogP contribution in [0.4, 0.5) is 0 Å². The molecule has 1 aromatic rings. The maximum absolute atomic E-state index is 11.7. The molecular formula is C12H16O4S2. The van der Waals surface area contributed by atoms with Crippen molar-refractivity contribution in [2.75, 3.05) is 12.9 Å². The van der Waals surface area contributed by atoms with Crippen molar-refractivity contribution in [3.63, 3.8) is 0 Å². The smallest absolute Gasteiger partial charge is 0.306 e. The molecule has 0 amide bonds. The fourth-order valence-corrected chi connectivity index (χ4v) is 2.81. The van der Waals surface area contributed by atoms with Gasteiger partial charge in [0.15, 0.2) is 0 Å². The summed E-state index contributed by atoms with van der Waals surface area (Å²) >= 11 is 0.777. The largest absolute Gasteiger partial charge is 0.469 e. The van der Waals surface area contributed by atoms with Gasteiger partial charge >= 0.3 is 5.97 Å². The molecule has 0 aliphatic heterocycles. The highest BCUT2D eigenvalue weighted by Crippen LogP contribution is 2.11. The maximum Gasteiger partial charge on any atom is 0.306 e. The number of carbonyl (C=O) groups is 1. The molecule has 0 radical (unpaired) electrons. The molecule has 1 atom stereocenters. The zero-order valence-corrected chi connectivity index (χ0v) is 11.8. The number of carbonyl (C=O) groups excluding carboxylic acids is 1. The van der Waals surface area contributed by atoms with Gasteiger partial charge in [-0.1, -0.05) is 24.3 Å². The highest BCUT2D eigenvalue weighted by Gasteiger charge is 2.06. The van der Waals surface area contributed by atoms with Crippen LogP contribution in [0.1, 0.15) is 17.5 Å². The Labute approximate surface area is 113 Å². The van der Waals surface area contributed by atoms with Gasteiger partial charge in [-0.15, -0.1) is 0 Å². The second-order valence-corrected chi connectivity index (χ2v) is 5.83. The number of esters is 1. The Morgan fingerprint density at radius 1 is 1.33 bits per heavy atom. The zero-order valence-electron chi connectivity index (χ0n) is 10.1. The van der Waals surface area contributed by atoms with Crippen LogP contribution < -0.4 is 0 Å². The molecule has 0 aliphatic carbocycles.